The van der Waals surface area contributed by atoms with Crippen molar-refractivity contribution in [2.75, 3.05) is 20.1 Å². The van der Waals surface area contributed by atoms with Crippen molar-refractivity contribution in [3.63, 3.8) is 0 Å². The first-order chi connectivity index (χ1) is 7.25. The third kappa shape index (κ3) is 2.76. The molecule has 1 fully saturated rings. The number of pyridine rings is 1. The molecule has 1 aliphatic rings. The number of nitrogens with zero attached hydrogens (tertiary/aromatic N) is 2. The van der Waals surface area contributed by atoms with Crippen LogP contribution in [0.15, 0.2) is 24.4 Å². The molecule has 1 aromatic heterocycles. The predicted octanol–water partition coefficient (Wildman–Crippen LogP) is 0.937. The first kappa shape index (κ1) is 10.6. The molecule has 0 radical (unpaired) electrons. The molecule has 82 valence electrons. The number of hydrogen-bond acceptors (Lipinski definition) is 3. The molecule has 1 aliphatic heterocycles. The van der Waals surface area contributed by atoms with Crippen LogP contribution in [0.5, 0.6) is 0 Å². The third-order valence-corrected chi connectivity index (χ3v) is 3.09. The maximum atomic E-state index is 9.89. The van der Waals surface area contributed by atoms with E-state index in [1.807, 2.05) is 24.4 Å². The molecule has 0 aromatic carbocycles. The van der Waals surface area contributed by atoms with Crippen LogP contribution in [-0.2, 0) is 6.42 Å². The minimum Gasteiger partial charge on any atom is -0.393 e. The maximum absolute atomic E-state index is 9.89. The second kappa shape index (κ2) is 4.73. The second-order valence-corrected chi connectivity index (χ2v) is 4.40. The lowest BCUT2D eigenvalue weighted by molar-refractivity contribution is 0.0362. The van der Waals surface area contributed by atoms with E-state index in [1.165, 1.54) is 0 Å². The summed E-state index contributed by atoms with van der Waals surface area (Å²) in [5.41, 5.74) is 1.08. The first-order valence-corrected chi connectivity index (χ1v) is 5.52. The number of aliphatic hydroxyl groups excluding tert-OH is 1. The smallest absolute Gasteiger partial charge is 0.0596 e. The van der Waals surface area contributed by atoms with E-state index in [-0.39, 0.29) is 6.10 Å². The normalized spacial score (nSPS) is 27.9. The van der Waals surface area contributed by atoms with E-state index in [1.54, 1.807) is 0 Å². The first-order valence-electron chi connectivity index (χ1n) is 5.52. The fraction of sp³-hybridized carbons (Fsp3) is 0.583. The van der Waals surface area contributed by atoms with Crippen LogP contribution in [0.4, 0.5) is 0 Å². The summed E-state index contributed by atoms with van der Waals surface area (Å²) in [6, 6.07) is 5.95. The molecule has 0 amide bonds. The summed E-state index contributed by atoms with van der Waals surface area (Å²) in [5, 5.41) is 9.89. The van der Waals surface area contributed by atoms with Crippen molar-refractivity contribution in [1.82, 2.24) is 9.88 Å². The lowest BCUT2D eigenvalue weighted by Crippen LogP contribution is -2.42. The number of likely N-dealkylation sites (tertiary alicyclic amines) is 1. The summed E-state index contributed by atoms with van der Waals surface area (Å²) in [4.78, 5) is 6.58. The molecule has 1 aromatic rings. The van der Waals surface area contributed by atoms with Crippen LogP contribution in [0, 0.1) is 5.92 Å². The van der Waals surface area contributed by atoms with Gasteiger partial charge in [-0.2, -0.15) is 0 Å². The Morgan fingerprint density at radius 1 is 1.53 bits per heavy atom. The van der Waals surface area contributed by atoms with Gasteiger partial charge in [-0.25, -0.2) is 0 Å². The van der Waals surface area contributed by atoms with Crippen LogP contribution < -0.4 is 0 Å². The van der Waals surface area contributed by atoms with E-state index in [0.717, 1.165) is 31.6 Å². The fourth-order valence-electron chi connectivity index (χ4n) is 2.19. The van der Waals surface area contributed by atoms with Gasteiger partial charge in [-0.05, 0) is 32.0 Å². The highest BCUT2D eigenvalue weighted by atomic mass is 16.3. The molecule has 0 aliphatic carbocycles. The molecular weight excluding hydrogens is 188 g/mol. The average Bonchev–Trinajstić information content (AvgIpc) is 2.25. The molecule has 1 N–H and O–H groups in total. The van der Waals surface area contributed by atoms with Crippen LogP contribution in [0.3, 0.4) is 0 Å². The van der Waals surface area contributed by atoms with Crippen molar-refractivity contribution >= 4 is 0 Å². The van der Waals surface area contributed by atoms with Gasteiger partial charge in [0, 0.05) is 30.9 Å². The predicted molar refractivity (Wildman–Crippen MR) is 59.6 cm³/mol. The molecule has 0 spiro atoms. The Morgan fingerprint density at radius 3 is 3.13 bits per heavy atom. The van der Waals surface area contributed by atoms with Gasteiger partial charge in [-0.15, -0.1) is 0 Å². The van der Waals surface area contributed by atoms with E-state index >= 15 is 0 Å². The SMILES string of the molecule is CN1CC[C@@H](O)[C@H](Cc2ccccn2)C1. The van der Waals surface area contributed by atoms with Crippen molar-refractivity contribution in [2.24, 2.45) is 5.92 Å². The Hall–Kier alpha value is -0.930. The third-order valence-electron chi connectivity index (χ3n) is 3.09. The quantitative estimate of drug-likeness (QED) is 0.782. The van der Waals surface area contributed by atoms with Crippen molar-refractivity contribution in [3.8, 4) is 0 Å². The average molecular weight is 206 g/mol. The van der Waals surface area contributed by atoms with Gasteiger partial charge in [0.05, 0.1) is 6.10 Å². The van der Waals surface area contributed by atoms with E-state index < -0.39 is 0 Å². The van der Waals surface area contributed by atoms with Gasteiger partial charge in [0.15, 0.2) is 0 Å². The summed E-state index contributed by atoms with van der Waals surface area (Å²) in [6.07, 6.45) is 3.41. The Bertz CT molecular complexity index is 302. The maximum Gasteiger partial charge on any atom is 0.0596 e. The van der Waals surface area contributed by atoms with Crippen LogP contribution in [0.25, 0.3) is 0 Å². The number of aromatic nitrogens is 1. The molecule has 2 heterocycles. The summed E-state index contributed by atoms with van der Waals surface area (Å²) < 4.78 is 0. The van der Waals surface area contributed by atoms with Gasteiger partial charge in [0.25, 0.3) is 0 Å². The van der Waals surface area contributed by atoms with Crippen molar-refractivity contribution in [3.05, 3.63) is 30.1 Å². The largest absolute Gasteiger partial charge is 0.393 e. The van der Waals surface area contributed by atoms with E-state index in [2.05, 4.69) is 16.9 Å². The van der Waals surface area contributed by atoms with Crippen LogP contribution in [0.1, 0.15) is 12.1 Å². The lowest BCUT2D eigenvalue weighted by atomic mass is 9.90. The molecule has 0 saturated carbocycles. The van der Waals surface area contributed by atoms with E-state index in [9.17, 15) is 5.11 Å². The zero-order valence-electron chi connectivity index (χ0n) is 9.13. The Balaban J connectivity index is 1.98. The van der Waals surface area contributed by atoms with Crippen molar-refractivity contribution in [2.45, 2.75) is 18.9 Å². The highest BCUT2D eigenvalue weighted by Crippen LogP contribution is 2.19. The number of rotatable bonds is 2. The topological polar surface area (TPSA) is 36.4 Å². The number of aliphatic hydroxyl groups is 1. The number of piperidine rings is 1. The van der Waals surface area contributed by atoms with Gasteiger partial charge in [-0.1, -0.05) is 6.07 Å². The second-order valence-electron chi connectivity index (χ2n) is 4.40. The van der Waals surface area contributed by atoms with Gasteiger partial charge in [0.2, 0.25) is 0 Å². The summed E-state index contributed by atoms with van der Waals surface area (Å²) in [6.45, 7) is 1.97. The molecule has 1 saturated heterocycles. The fourth-order valence-corrected chi connectivity index (χ4v) is 2.19. The van der Waals surface area contributed by atoms with Crippen LogP contribution >= 0.6 is 0 Å². The zero-order chi connectivity index (χ0) is 10.7. The highest BCUT2D eigenvalue weighted by molar-refractivity contribution is 5.05. The van der Waals surface area contributed by atoms with Crippen LogP contribution in [-0.4, -0.2) is 41.2 Å². The van der Waals surface area contributed by atoms with Crippen LogP contribution in [0.2, 0.25) is 0 Å². The highest BCUT2D eigenvalue weighted by Gasteiger charge is 2.26. The standard InChI is InChI=1S/C12H18N2O/c1-14-7-5-12(15)10(9-14)8-11-4-2-3-6-13-11/h2-4,6,10,12,15H,5,7-9H2,1H3/t10-,12-/m1/s1. The molecule has 3 nitrogen and oxygen atoms in total. The van der Waals surface area contributed by atoms with Gasteiger partial charge < -0.3 is 10.0 Å². The summed E-state index contributed by atoms with van der Waals surface area (Å²) >= 11 is 0. The van der Waals surface area contributed by atoms with Crippen molar-refractivity contribution < 1.29 is 5.11 Å². The summed E-state index contributed by atoms with van der Waals surface area (Å²) in [5.74, 6) is 0.332. The van der Waals surface area contributed by atoms with Gasteiger partial charge in [-0.3, -0.25) is 4.98 Å². The Kier molecular flexibility index (Phi) is 3.34. The minimum absolute atomic E-state index is 0.164. The van der Waals surface area contributed by atoms with Gasteiger partial charge in [0.1, 0.15) is 0 Å². The summed E-state index contributed by atoms with van der Waals surface area (Å²) in [7, 11) is 2.11. The molecular formula is C12H18N2O. The van der Waals surface area contributed by atoms with E-state index in [0.29, 0.717) is 5.92 Å². The van der Waals surface area contributed by atoms with Gasteiger partial charge >= 0.3 is 0 Å². The zero-order valence-corrected chi connectivity index (χ0v) is 9.13. The lowest BCUT2D eigenvalue weighted by Gasteiger charge is -2.33. The number of hydrogen-bond donors (Lipinski definition) is 1. The molecule has 2 rings (SSSR count). The molecule has 3 heteroatoms. The molecule has 0 unspecified atom stereocenters. The molecule has 15 heavy (non-hydrogen) atoms. The van der Waals surface area contributed by atoms with E-state index in [4.69, 9.17) is 0 Å². The molecule has 2 atom stereocenters. The van der Waals surface area contributed by atoms with Crippen molar-refractivity contribution in [1.29, 1.82) is 0 Å². The molecule has 0 bridgehead atoms. The Labute approximate surface area is 90.8 Å². The monoisotopic (exact) mass is 206 g/mol. The minimum atomic E-state index is -0.164. The Morgan fingerprint density at radius 2 is 2.40 bits per heavy atom.